The number of alkyl carbamates (subject to hydrolysis) is 1. The monoisotopic (exact) mass is 494 g/mol. The molecule has 0 aromatic heterocycles. The number of ether oxygens (including phenoxy) is 3. The van der Waals surface area contributed by atoms with Gasteiger partial charge in [0.1, 0.15) is 23.6 Å². The Hall–Kier alpha value is -4.40. The topological polar surface area (TPSA) is 120 Å². The van der Waals surface area contributed by atoms with Crippen LogP contribution in [0.1, 0.15) is 44.4 Å². The highest BCUT2D eigenvalue weighted by Crippen LogP contribution is 2.15. The van der Waals surface area contributed by atoms with E-state index < -0.39 is 29.5 Å². The first-order valence-electron chi connectivity index (χ1n) is 11.1. The van der Waals surface area contributed by atoms with Crippen LogP contribution >= 0.6 is 0 Å². The summed E-state index contributed by atoms with van der Waals surface area (Å²) in [5.74, 6) is -1.93. The van der Waals surface area contributed by atoms with E-state index in [1.54, 1.807) is 45.0 Å². The summed E-state index contributed by atoms with van der Waals surface area (Å²) < 4.78 is 15.3. The van der Waals surface area contributed by atoms with E-state index in [9.17, 15) is 19.2 Å². The van der Waals surface area contributed by atoms with E-state index in [2.05, 4.69) is 10.6 Å². The van der Waals surface area contributed by atoms with Gasteiger partial charge in [-0.25, -0.2) is 14.4 Å². The van der Waals surface area contributed by atoms with Crippen LogP contribution in [0.5, 0.6) is 0 Å². The number of esters is 2. The molecule has 0 unspecified atom stereocenters. The lowest BCUT2D eigenvalue weighted by Crippen LogP contribution is -2.34. The number of carbonyl (C=O) groups is 4. The van der Waals surface area contributed by atoms with Crippen LogP contribution in [-0.2, 0) is 35.2 Å². The van der Waals surface area contributed by atoms with Crippen molar-refractivity contribution in [3.05, 3.63) is 82.7 Å². The zero-order chi connectivity index (χ0) is 26.7. The lowest BCUT2D eigenvalue weighted by atomic mass is 10.1. The molecule has 36 heavy (non-hydrogen) atoms. The van der Waals surface area contributed by atoms with E-state index in [4.69, 9.17) is 14.2 Å². The quantitative estimate of drug-likeness (QED) is 0.324. The van der Waals surface area contributed by atoms with E-state index in [1.807, 2.05) is 30.3 Å². The fourth-order valence-corrected chi connectivity index (χ4v) is 2.88. The van der Waals surface area contributed by atoms with E-state index in [0.29, 0.717) is 11.1 Å². The number of amides is 2. The van der Waals surface area contributed by atoms with E-state index in [0.717, 1.165) is 5.56 Å². The summed E-state index contributed by atoms with van der Waals surface area (Å²) in [5, 5.41) is 4.87. The number of rotatable bonds is 8. The summed E-state index contributed by atoms with van der Waals surface area (Å²) >= 11 is 0. The molecular formula is C27H30N2O7. The predicted octanol–water partition coefficient (Wildman–Crippen LogP) is 3.95. The summed E-state index contributed by atoms with van der Waals surface area (Å²) in [4.78, 5) is 48.7. The number of carbonyl (C=O) groups excluding carboxylic acids is 4. The van der Waals surface area contributed by atoms with Crippen LogP contribution in [-0.4, -0.2) is 36.6 Å². The van der Waals surface area contributed by atoms with Crippen LogP contribution in [0.3, 0.4) is 0 Å². The lowest BCUT2D eigenvalue weighted by molar-refractivity contribution is -0.141. The molecule has 0 aliphatic carbocycles. The SMILES string of the molecule is COC(=O)/C(=C/c1cccc(/C=C(\NC(C)=O)C(=O)OCc2ccccc2)c1)NC(=O)OC(C)(C)C. The fraction of sp³-hybridized carbons (Fsp3) is 0.259. The normalized spacial score (nSPS) is 11.8. The zero-order valence-corrected chi connectivity index (χ0v) is 20.9. The number of methoxy groups -OCH3 is 1. The van der Waals surface area contributed by atoms with E-state index >= 15 is 0 Å². The minimum absolute atomic E-state index is 0.0399. The molecule has 0 heterocycles. The Morgan fingerprint density at radius 2 is 1.42 bits per heavy atom. The molecule has 0 saturated carbocycles. The summed E-state index contributed by atoms with van der Waals surface area (Å²) in [5.41, 5.74) is 0.890. The second-order valence-electron chi connectivity index (χ2n) is 8.65. The Morgan fingerprint density at radius 1 is 0.833 bits per heavy atom. The molecule has 2 N–H and O–H groups in total. The number of hydrogen-bond donors (Lipinski definition) is 2. The van der Waals surface area contributed by atoms with Crippen LogP contribution in [0.25, 0.3) is 12.2 Å². The van der Waals surface area contributed by atoms with Crippen molar-refractivity contribution in [3.63, 3.8) is 0 Å². The third kappa shape index (κ3) is 9.84. The van der Waals surface area contributed by atoms with Gasteiger partial charge in [0, 0.05) is 6.92 Å². The van der Waals surface area contributed by atoms with Crippen molar-refractivity contribution in [2.75, 3.05) is 7.11 Å². The fourth-order valence-electron chi connectivity index (χ4n) is 2.88. The van der Waals surface area contributed by atoms with Gasteiger partial charge in [0.15, 0.2) is 0 Å². The second-order valence-corrected chi connectivity index (χ2v) is 8.65. The van der Waals surface area contributed by atoms with Gasteiger partial charge in [0.2, 0.25) is 5.91 Å². The van der Waals surface area contributed by atoms with Crippen molar-refractivity contribution < 1.29 is 33.4 Å². The van der Waals surface area contributed by atoms with Gasteiger partial charge in [0.25, 0.3) is 0 Å². The van der Waals surface area contributed by atoms with Crippen molar-refractivity contribution in [2.45, 2.75) is 39.9 Å². The Balaban J connectivity index is 2.29. The molecule has 2 aromatic rings. The maximum atomic E-state index is 12.6. The van der Waals surface area contributed by atoms with Gasteiger partial charge in [-0.05, 0) is 55.7 Å². The highest BCUT2D eigenvalue weighted by atomic mass is 16.6. The Labute approximate surface area is 210 Å². The van der Waals surface area contributed by atoms with Gasteiger partial charge >= 0.3 is 18.0 Å². The highest BCUT2D eigenvalue weighted by Gasteiger charge is 2.20. The Bertz CT molecular complexity index is 1160. The molecular weight excluding hydrogens is 464 g/mol. The standard InChI is InChI=1S/C27H30N2O7/c1-18(30)28-23(25(32)35-17-19-10-7-6-8-11-19)16-21-13-9-12-20(14-21)15-22(24(31)34-5)29-26(33)36-27(2,3)4/h6-16H,17H2,1-5H3,(H,28,30)(H,29,33)/b22-15-,23-16-. The lowest BCUT2D eigenvalue weighted by Gasteiger charge is -2.20. The van der Waals surface area contributed by atoms with Gasteiger partial charge in [-0.1, -0.05) is 48.5 Å². The van der Waals surface area contributed by atoms with E-state index in [1.165, 1.54) is 26.2 Å². The third-order valence-corrected chi connectivity index (χ3v) is 4.32. The van der Waals surface area contributed by atoms with E-state index in [-0.39, 0.29) is 18.0 Å². The molecule has 0 atom stereocenters. The average molecular weight is 495 g/mol. The number of benzene rings is 2. The molecule has 190 valence electrons. The van der Waals surface area contributed by atoms with Crippen molar-refractivity contribution in [1.82, 2.24) is 10.6 Å². The smallest absolute Gasteiger partial charge is 0.412 e. The molecule has 2 rings (SSSR count). The molecule has 2 aromatic carbocycles. The van der Waals surface area contributed by atoms with Crippen molar-refractivity contribution in [2.24, 2.45) is 0 Å². The maximum Gasteiger partial charge on any atom is 0.412 e. The van der Waals surface area contributed by atoms with Gasteiger partial charge < -0.3 is 19.5 Å². The van der Waals surface area contributed by atoms with Crippen LogP contribution in [0.2, 0.25) is 0 Å². The van der Waals surface area contributed by atoms with Gasteiger partial charge in [-0.15, -0.1) is 0 Å². The van der Waals surface area contributed by atoms with Crippen molar-refractivity contribution in [3.8, 4) is 0 Å². The van der Waals surface area contributed by atoms with Crippen LogP contribution < -0.4 is 10.6 Å². The summed E-state index contributed by atoms with van der Waals surface area (Å²) in [6, 6.07) is 15.8. The second kappa shape index (κ2) is 12.9. The third-order valence-electron chi connectivity index (χ3n) is 4.32. The van der Waals surface area contributed by atoms with Crippen LogP contribution in [0, 0.1) is 0 Å². The minimum atomic E-state index is -0.815. The van der Waals surface area contributed by atoms with Crippen LogP contribution in [0.4, 0.5) is 4.79 Å². The molecule has 9 nitrogen and oxygen atoms in total. The first-order valence-corrected chi connectivity index (χ1v) is 11.1. The number of hydrogen-bond acceptors (Lipinski definition) is 7. The molecule has 0 radical (unpaired) electrons. The molecule has 0 spiro atoms. The van der Waals surface area contributed by atoms with Crippen LogP contribution in [0.15, 0.2) is 66.0 Å². The van der Waals surface area contributed by atoms with Gasteiger partial charge in [-0.2, -0.15) is 0 Å². The first kappa shape index (κ1) is 27.8. The molecule has 0 fully saturated rings. The zero-order valence-electron chi connectivity index (χ0n) is 20.9. The van der Waals surface area contributed by atoms with Crippen molar-refractivity contribution >= 4 is 36.1 Å². The molecule has 0 saturated heterocycles. The largest absolute Gasteiger partial charge is 0.464 e. The van der Waals surface area contributed by atoms with Gasteiger partial charge in [-0.3, -0.25) is 10.1 Å². The average Bonchev–Trinajstić information content (AvgIpc) is 2.80. The minimum Gasteiger partial charge on any atom is -0.464 e. The summed E-state index contributed by atoms with van der Waals surface area (Å²) in [6.07, 6.45) is 2.04. The molecule has 2 amide bonds. The van der Waals surface area contributed by atoms with Gasteiger partial charge in [0.05, 0.1) is 7.11 Å². The Morgan fingerprint density at radius 3 is 1.94 bits per heavy atom. The van der Waals surface area contributed by atoms with Crippen molar-refractivity contribution in [1.29, 1.82) is 0 Å². The number of nitrogens with one attached hydrogen (secondary N) is 2. The highest BCUT2D eigenvalue weighted by molar-refractivity contribution is 5.98. The molecule has 9 heteroatoms. The molecule has 0 aliphatic rings. The summed E-state index contributed by atoms with van der Waals surface area (Å²) in [7, 11) is 1.19. The molecule has 0 aliphatic heterocycles. The first-order chi connectivity index (χ1) is 17.0. The maximum absolute atomic E-state index is 12.6. The Kier molecular flexibility index (Phi) is 9.97. The molecule has 0 bridgehead atoms. The summed E-state index contributed by atoms with van der Waals surface area (Å²) in [6.45, 7) is 6.41. The predicted molar refractivity (Wildman–Crippen MR) is 134 cm³/mol.